The van der Waals surface area contributed by atoms with E-state index in [2.05, 4.69) is 16.6 Å². The zero-order valence-corrected chi connectivity index (χ0v) is 11.4. The highest BCUT2D eigenvalue weighted by Gasteiger charge is 2.30. The number of rotatable bonds is 6. The van der Waals surface area contributed by atoms with Crippen LogP contribution in [0.2, 0.25) is 0 Å². The van der Waals surface area contributed by atoms with Gasteiger partial charge in [-0.15, -0.1) is 0 Å². The van der Waals surface area contributed by atoms with Crippen molar-refractivity contribution in [1.82, 2.24) is 5.32 Å². The summed E-state index contributed by atoms with van der Waals surface area (Å²) in [6, 6.07) is 2.87. The lowest BCUT2D eigenvalue weighted by Crippen LogP contribution is -2.30. The van der Waals surface area contributed by atoms with Crippen molar-refractivity contribution in [3.05, 3.63) is 48.0 Å². The molecule has 0 bridgehead atoms. The summed E-state index contributed by atoms with van der Waals surface area (Å²) in [7, 11) is 0. The molecule has 0 aliphatic rings. The van der Waals surface area contributed by atoms with Gasteiger partial charge in [0.05, 0.1) is 18.0 Å². The molecule has 1 aromatic carbocycles. The number of halogens is 3. The van der Waals surface area contributed by atoms with Crippen LogP contribution in [0.4, 0.5) is 18.0 Å². The van der Waals surface area contributed by atoms with Crippen molar-refractivity contribution in [2.24, 2.45) is 0 Å². The zero-order chi connectivity index (χ0) is 16.8. The molecule has 0 saturated heterocycles. The lowest BCUT2D eigenvalue weighted by molar-refractivity contribution is -0.138. The third-order valence-corrected chi connectivity index (χ3v) is 2.64. The number of alkyl carbamates (subject to hydrolysis) is 1. The van der Waals surface area contributed by atoms with Gasteiger partial charge in [-0.1, -0.05) is 24.8 Å². The van der Waals surface area contributed by atoms with E-state index in [-0.39, 0.29) is 12.2 Å². The molecule has 22 heavy (non-hydrogen) atoms. The Labute approximate surface area is 124 Å². The number of hydrogen-bond donors (Lipinski definition) is 2. The lowest BCUT2D eigenvalue weighted by Gasteiger charge is -2.17. The average molecular weight is 317 g/mol. The number of carboxylic acid groups (broad SMARTS) is 1. The maximum atomic E-state index is 12.5. The topological polar surface area (TPSA) is 75.6 Å². The van der Waals surface area contributed by atoms with Gasteiger partial charge in [0.2, 0.25) is 0 Å². The number of aliphatic carboxylic acids is 1. The number of amides is 1. The van der Waals surface area contributed by atoms with Gasteiger partial charge in [-0.25, -0.2) is 4.79 Å². The van der Waals surface area contributed by atoms with Crippen molar-refractivity contribution < 1.29 is 32.6 Å². The van der Waals surface area contributed by atoms with Crippen LogP contribution in [-0.4, -0.2) is 23.8 Å². The fourth-order valence-electron chi connectivity index (χ4n) is 1.65. The summed E-state index contributed by atoms with van der Waals surface area (Å²) >= 11 is 0. The Morgan fingerprint density at radius 1 is 1.32 bits per heavy atom. The number of benzene rings is 1. The molecular weight excluding hydrogens is 303 g/mol. The molecule has 1 amide bonds. The summed E-state index contributed by atoms with van der Waals surface area (Å²) < 4.78 is 42.1. The van der Waals surface area contributed by atoms with Crippen molar-refractivity contribution in [3.63, 3.8) is 0 Å². The van der Waals surface area contributed by atoms with Gasteiger partial charge in [-0.05, 0) is 17.7 Å². The third-order valence-electron chi connectivity index (χ3n) is 2.64. The Hall–Kier alpha value is -2.51. The van der Waals surface area contributed by atoms with Crippen LogP contribution in [0, 0.1) is 0 Å². The largest absolute Gasteiger partial charge is 0.481 e. The number of hydrogen-bond acceptors (Lipinski definition) is 3. The normalized spacial score (nSPS) is 12.3. The Morgan fingerprint density at radius 2 is 1.91 bits per heavy atom. The number of nitrogens with one attached hydrogen (secondary N) is 1. The van der Waals surface area contributed by atoms with Gasteiger partial charge in [0.15, 0.2) is 0 Å². The van der Waals surface area contributed by atoms with E-state index in [9.17, 15) is 22.8 Å². The first-order chi connectivity index (χ1) is 10.2. The summed E-state index contributed by atoms with van der Waals surface area (Å²) in [4.78, 5) is 22.3. The fourth-order valence-corrected chi connectivity index (χ4v) is 1.65. The van der Waals surface area contributed by atoms with Crippen LogP contribution in [-0.2, 0) is 15.7 Å². The number of carbonyl (C=O) groups is 2. The second-order valence-corrected chi connectivity index (χ2v) is 4.30. The molecule has 0 heterocycles. The molecule has 0 aromatic heterocycles. The van der Waals surface area contributed by atoms with E-state index in [0.717, 1.165) is 24.3 Å². The molecular formula is C14H14F3NO4. The second-order valence-electron chi connectivity index (χ2n) is 4.30. The van der Waals surface area contributed by atoms with Crippen molar-refractivity contribution in [1.29, 1.82) is 0 Å². The molecule has 0 aliphatic carbocycles. The lowest BCUT2D eigenvalue weighted by atomic mass is 10.0. The minimum atomic E-state index is -4.49. The SMILES string of the molecule is C=CCOC(=O)N[C@H](CC(=O)O)c1ccc(C(F)(F)F)cc1. The second kappa shape index (κ2) is 7.48. The quantitative estimate of drug-likeness (QED) is 0.790. The van der Waals surface area contributed by atoms with E-state index in [0.29, 0.717) is 0 Å². The van der Waals surface area contributed by atoms with Crippen LogP contribution in [0.5, 0.6) is 0 Å². The summed E-state index contributed by atoms with van der Waals surface area (Å²) in [5, 5.41) is 11.1. The number of alkyl halides is 3. The average Bonchev–Trinajstić information content (AvgIpc) is 2.43. The molecule has 1 aromatic rings. The molecule has 0 saturated carbocycles. The molecule has 0 radical (unpaired) electrons. The zero-order valence-electron chi connectivity index (χ0n) is 11.4. The van der Waals surface area contributed by atoms with Crippen LogP contribution in [0.25, 0.3) is 0 Å². The van der Waals surface area contributed by atoms with Crippen molar-refractivity contribution >= 4 is 12.1 Å². The highest BCUT2D eigenvalue weighted by molar-refractivity contribution is 5.72. The number of ether oxygens (including phenoxy) is 1. The molecule has 8 heteroatoms. The van der Waals surface area contributed by atoms with Gasteiger partial charge in [-0.2, -0.15) is 13.2 Å². The van der Waals surface area contributed by atoms with Crippen molar-refractivity contribution in [3.8, 4) is 0 Å². The number of carbonyl (C=O) groups excluding carboxylic acids is 1. The van der Waals surface area contributed by atoms with Crippen LogP contribution < -0.4 is 5.32 Å². The minimum Gasteiger partial charge on any atom is -0.481 e. The Bertz CT molecular complexity index is 540. The Kier molecular flexibility index (Phi) is 5.97. The summed E-state index contributed by atoms with van der Waals surface area (Å²) in [5.41, 5.74) is -0.634. The van der Waals surface area contributed by atoms with Gasteiger partial charge in [0.25, 0.3) is 0 Å². The van der Waals surface area contributed by atoms with Crippen LogP contribution in [0.1, 0.15) is 23.6 Å². The molecule has 1 atom stereocenters. The van der Waals surface area contributed by atoms with E-state index in [1.165, 1.54) is 6.08 Å². The predicted octanol–water partition coefficient (Wildman–Crippen LogP) is 3.13. The first kappa shape index (κ1) is 17.5. The minimum absolute atomic E-state index is 0.0708. The highest BCUT2D eigenvalue weighted by atomic mass is 19.4. The Balaban J connectivity index is 2.89. The molecule has 120 valence electrons. The molecule has 1 rings (SSSR count). The summed E-state index contributed by atoms with van der Waals surface area (Å²) in [5.74, 6) is -1.21. The summed E-state index contributed by atoms with van der Waals surface area (Å²) in [6.07, 6.45) is -4.54. The fraction of sp³-hybridized carbons (Fsp3) is 0.286. The molecule has 0 fully saturated rings. The van der Waals surface area contributed by atoms with Crippen LogP contribution in [0.15, 0.2) is 36.9 Å². The molecule has 2 N–H and O–H groups in total. The van der Waals surface area contributed by atoms with Gasteiger partial charge in [-0.3, -0.25) is 4.79 Å². The molecule has 0 aliphatic heterocycles. The standard InChI is InChI=1S/C14H14F3NO4/c1-2-7-22-13(21)18-11(8-12(19)20)9-3-5-10(6-4-9)14(15,16)17/h2-6,11H,1,7-8H2,(H,18,21)(H,19,20)/t11-/m1/s1. The van der Waals surface area contributed by atoms with Gasteiger partial charge >= 0.3 is 18.2 Å². The molecule has 5 nitrogen and oxygen atoms in total. The van der Waals surface area contributed by atoms with E-state index >= 15 is 0 Å². The van der Waals surface area contributed by atoms with Gasteiger partial charge < -0.3 is 15.2 Å². The van der Waals surface area contributed by atoms with Gasteiger partial charge in [0, 0.05) is 0 Å². The molecule has 0 spiro atoms. The summed E-state index contributed by atoms with van der Waals surface area (Å²) in [6.45, 7) is 3.27. The monoisotopic (exact) mass is 317 g/mol. The molecule has 0 unspecified atom stereocenters. The first-order valence-corrected chi connectivity index (χ1v) is 6.17. The van der Waals surface area contributed by atoms with Crippen LogP contribution in [0.3, 0.4) is 0 Å². The predicted molar refractivity (Wildman–Crippen MR) is 71.1 cm³/mol. The maximum absolute atomic E-state index is 12.5. The van der Waals surface area contributed by atoms with E-state index in [4.69, 9.17) is 5.11 Å². The highest BCUT2D eigenvalue weighted by Crippen LogP contribution is 2.30. The van der Waals surface area contributed by atoms with Crippen molar-refractivity contribution in [2.75, 3.05) is 6.61 Å². The smallest absolute Gasteiger partial charge is 0.416 e. The van der Waals surface area contributed by atoms with Gasteiger partial charge in [0.1, 0.15) is 6.61 Å². The van der Waals surface area contributed by atoms with E-state index in [1.54, 1.807) is 0 Å². The Morgan fingerprint density at radius 3 is 2.36 bits per heavy atom. The van der Waals surface area contributed by atoms with Crippen LogP contribution >= 0.6 is 0 Å². The first-order valence-electron chi connectivity index (χ1n) is 6.17. The third kappa shape index (κ3) is 5.47. The van der Waals surface area contributed by atoms with E-state index in [1.807, 2.05) is 0 Å². The maximum Gasteiger partial charge on any atom is 0.416 e. The number of carboxylic acids is 1. The van der Waals surface area contributed by atoms with Crippen molar-refractivity contribution in [2.45, 2.75) is 18.6 Å². The van der Waals surface area contributed by atoms with E-state index < -0.39 is 36.3 Å².